The topological polar surface area (TPSA) is 79.4 Å². The molecule has 1 aliphatic rings. The Bertz CT molecular complexity index is 1180. The number of aromatic nitrogens is 3. The fraction of sp³-hybridized carbons (Fsp3) is 0.208. The van der Waals surface area contributed by atoms with Crippen LogP contribution >= 0.6 is 0 Å². The average Bonchev–Trinajstić information content (AvgIpc) is 3.51. The Morgan fingerprint density at radius 2 is 1.81 bits per heavy atom. The third-order valence-electron chi connectivity index (χ3n) is 5.55. The third kappa shape index (κ3) is 4.13. The Kier molecular flexibility index (Phi) is 5.43. The van der Waals surface area contributed by atoms with Crippen molar-refractivity contribution in [2.45, 2.75) is 0 Å². The number of para-hydroxylation sites is 1. The number of benzene rings is 1. The van der Waals surface area contributed by atoms with Crippen molar-refractivity contribution >= 4 is 17.4 Å². The van der Waals surface area contributed by atoms with Crippen LogP contribution in [0.3, 0.4) is 0 Å². The summed E-state index contributed by atoms with van der Waals surface area (Å²) >= 11 is 0. The predicted molar refractivity (Wildman–Crippen MR) is 123 cm³/mol. The summed E-state index contributed by atoms with van der Waals surface area (Å²) in [6.07, 6.45) is 3.28. The molecule has 0 aliphatic carbocycles. The summed E-state index contributed by atoms with van der Waals surface area (Å²) in [7, 11) is 2.13. The highest BCUT2D eigenvalue weighted by Crippen LogP contribution is 2.23. The van der Waals surface area contributed by atoms with Gasteiger partial charge in [-0.1, -0.05) is 18.2 Å². The summed E-state index contributed by atoms with van der Waals surface area (Å²) in [5.41, 5.74) is 2.42. The largest absolute Gasteiger partial charge is 0.463 e. The number of anilines is 2. The first-order valence-corrected chi connectivity index (χ1v) is 10.6. The second kappa shape index (κ2) is 8.68. The molecule has 162 valence electrons. The van der Waals surface area contributed by atoms with Crippen molar-refractivity contribution in [2.75, 3.05) is 43.4 Å². The molecule has 0 bridgehead atoms. The molecule has 1 aromatic carbocycles. The molecular weight excluding hydrogens is 404 g/mol. The van der Waals surface area contributed by atoms with Gasteiger partial charge in [-0.15, -0.1) is 0 Å². The van der Waals surface area contributed by atoms with Crippen LogP contribution in [0.5, 0.6) is 0 Å². The number of carbonyl (C=O) groups is 1. The van der Waals surface area contributed by atoms with Gasteiger partial charge in [0, 0.05) is 32.2 Å². The van der Waals surface area contributed by atoms with Crippen molar-refractivity contribution in [3.05, 3.63) is 78.8 Å². The molecule has 1 aliphatic heterocycles. The molecular formula is C24H24N6O2. The molecule has 0 spiro atoms. The lowest BCUT2D eigenvalue weighted by molar-refractivity contribution is 0.101. The minimum Gasteiger partial charge on any atom is -0.463 e. The van der Waals surface area contributed by atoms with Crippen LogP contribution in [0.25, 0.3) is 17.1 Å². The normalized spacial score (nSPS) is 14.5. The van der Waals surface area contributed by atoms with Crippen molar-refractivity contribution in [1.29, 1.82) is 0 Å². The van der Waals surface area contributed by atoms with E-state index in [2.05, 4.69) is 32.2 Å². The number of nitrogens with zero attached hydrogens (tertiary/aromatic N) is 5. The molecule has 8 nitrogen and oxygen atoms in total. The van der Waals surface area contributed by atoms with Gasteiger partial charge in [0.1, 0.15) is 17.2 Å². The molecule has 1 amide bonds. The van der Waals surface area contributed by atoms with Crippen molar-refractivity contribution in [3.8, 4) is 17.1 Å². The molecule has 0 radical (unpaired) electrons. The number of furan rings is 1. The van der Waals surface area contributed by atoms with Gasteiger partial charge in [-0.25, -0.2) is 9.67 Å². The van der Waals surface area contributed by atoms with Crippen LogP contribution < -0.4 is 10.2 Å². The van der Waals surface area contributed by atoms with E-state index >= 15 is 0 Å². The molecule has 1 fully saturated rings. The molecule has 3 aromatic heterocycles. The van der Waals surface area contributed by atoms with Crippen LogP contribution in [-0.4, -0.2) is 58.8 Å². The van der Waals surface area contributed by atoms with E-state index in [9.17, 15) is 4.79 Å². The molecule has 1 N–H and O–H groups in total. The van der Waals surface area contributed by atoms with Crippen molar-refractivity contribution in [3.63, 3.8) is 0 Å². The number of pyridine rings is 1. The van der Waals surface area contributed by atoms with E-state index in [0.29, 0.717) is 22.8 Å². The standard InChI is InChI=1S/C24H24N6O2/c1-28-11-13-29(14-12-28)23-10-9-18(17-25-23)26-24(31)21-16-20(22-8-5-15-32-22)27-30(21)19-6-3-2-4-7-19/h2-10,15-17H,11-14H2,1H3,(H,26,31). The number of hydrogen-bond donors (Lipinski definition) is 1. The monoisotopic (exact) mass is 428 g/mol. The quantitative estimate of drug-likeness (QED) is 0.524. The number of likely N-dealkylation sites (N-methyl/N-ethyl adjacent to an activating group) is 1. The van der Waals surface area contributed by atoms with Gasteiger partial charge in [0.2, 0.25) is 0 Å². The minimum absolute atomic E-state index is 0.270. The lowest BCUT2D eigenvalue weighted by Crippen LogP contribution is -2.44. The molecule has 4 heterocycles. The summed E-state index contributed by atoms with van der Waals surface area (Å²) in [5.74, 6) is 1.26. The predicted octanol–water partition coefficient (Wildman–Crippen LogP) is 3.53. The van der Waals surface area contributed by atoms with Gasteiger partial charge in [0.05, 0.1) is 23.8 Å². The van der Waals surface area contributed by atoms with Gasteiger partial charge < -0.3 is 19.5 Å². The van der Waals surface area contributed by atoms with Crippen LogP contribution in [0.2, 0.25) is 0 Å². The van der Waals surface area contributed by atoms with Gasteiger partial charge >= 0.3 is 0 Å². The maximum Gasteiger partial charge on any atom is 0.274 e. The highest BCUT2D eigenvalue weighted by atomic mass is 16.3. The molecule has 5 rings (SSSR count). The van der Waals surface area contributed by atoms with E-state index in [-0.39, 0.29) is 5.91 Å². The lowest BCUT2D eigenvalue weighted by atomic mass is 10.2. The highest BCUT2D eigenvalue weighted by Gasteiger charge is 2.20. The van der Waals surface area contributed by atoms with Gasteiger partial charge in [-0.3, -0.25) is 4.79 Å². The van der Waals surface area contributed by atoms with Crippen LogP contribution in [0.4, 0.5) is 11.5 Å². The maximum absolute atomic E-state index is 13.2. The number of amides is 1. The van der Waals surface area contributed by atoms with Crippen molar-refractivity contribution in [1.82, 2.24) is 19.7 Å². The number of piperazine rings is 1. The Morgan fingerprint density at radius 3 is 2.50 bits per heavy atom. The Labute approximate surface area is 186 Å². The molecule has 32 heavy (non-hydrogen) atoms. The summed E-state index contributed by atoms with van der Waals surface area (Å²) in [4.78, 5) is 22.3. The van der Waals surface area contributed by atoms with Gasteiger partial charge in [0.25, 0.3) is 5.91 Å². The SMILES string of the molecule is CN1CCN(c2ccc(NC(=O)c3cc(-c4ccco4)nn3-c3ccccc3)cn2)CC1. The molecule has 8 heteroatoms. The first-order valence-electron chi connectivity index (χ1n) is 10.6. The highest BCUT2D eigenvalue weighted by molar-refractivity contribution is 6.04. The van der Waals surface area contributed by atoms with Gasteiger partial charge in [-0.2, -0.15) is 5.10 Å². The van der Waals surface area contributed by atoms with Gasteiger partial charge in [0.15, 0.2) is 5.76 Å². The van der Waals surface area contributed by atoms with Crippen LogP contribution in [0.1, 0.15) is 10.5 Å². The smallest absolute Gasteiger partial charge is 0.274 e. The second-order valence-corrected chi connectivity index (χ2v) is 7.79. The zero-order valence-corrected chi connectivity index (χ0v) is 17.8. The average molecular weight is 428 g/mol. The summed E-state index contributed by atoms with van der Waals surface area (Å²) in [5, 5.41) is 7.55. The summed E-state index contributed by atoms with van der Waals surface area (Å²) in [6, 6.07) is 18.7. The maximum atomic E-state index is 13.2. The van der Waals surface area contributed by atoms with Crippen LogP contribution in [0.15, 0.2) is 77.5 Å². The van der Waals surface area contributed by atoms with Crippen LogP contribution in [0, 0.1) is 0 Å². The zero-order valence-electron chi connectivity index (χ0n) is 17.8. The van der Waals surface area contributed by atoms with E-state index in [4.69, 9.17) is 4.42 Å². The van der Waals surface area contributed by atoms with E-state index in [1.807, 2.05) is 48.5 Å². The Hall–Kier alpha value is -3.91. The zero-order chi connectivity index (χ0) is 21.9. The fourth-order valence-electron chi connectivity index (χ4n) is 3.73. The Morgan fingerprint density at radius 1 is 1.00 bits per heavy atom. The molecule has 0 unspecified atom stereocenters. The van der Waals surface area contributed by atoms with Gasteiger partial charge in [-0.05, 0) is 43.4 Å². The number of rotatable bonds is 5. The van der Waals surface area contributed by atoms with E-state index in [0.717, 1.165) is 37.7 Å². The first-order chi connectivity index (χ1) is 15.7. The lowest BCUT2D eigenvalue weighted by Gasteiger charge is -2.33. The van der Waals surface area contributed by atoms with Crippen LogP contribution in [-0.2, 0) is 0 Å². The summed E-state index contributed by atoms with van der Waals surface area (Å²) < 4.78 is 7.10. The first kappa shape index (κ1) is 20.0. The summed E-state index contributed by atoms with van der Waals surface area (Å²) in [6.45, 7) is 3.92. The fourth-order valence-corrected chi connectivity index (χ4v) is 3.73. The molecule has 1 saturated heterocycles. The third-order valence-corrected chi connectivity index (χ3v) is 5.55. The van der Waals surface area contributed by atoms with Crippen molar-refractivity contribution in [2.24, 2.45) is 0 Å². The van der Waals surface area contributed by atoms with E-state index in [1.54, 1.807) is 29.3 Å². The molecule has 4 aromatic rings. The Balaban J connectivity index is 1.38. The minimum atomic E-state index is -0.270. The number of nitrogens with one attached hydrogen (secondary N) is 1. The van der Waals surface area contributed by atoms with E-state index in [1.165, 1.54) is 0 Å². The van der Waals surface area contributed by atoms with E-state index < -0.39 is 0 Å². The number of hydrogen-bond acceptors (Lipinski definition) is 6. The number of carbonyl (C=O) groups excluding carboxylic acids is 1. The van der Waals surface area contributed by atoms with Crippen molar-refractivity contribution < 1.29 is 9.21 Å². The second-order valence-electron chi connectivity index (χ2n) is 7.79. The molecule has 0 saturated carbocycles. The molecule has 0 atom stereocenters.